The number of benzene rings is 1. The fraction of sp³-hybridized carbons (Fsp3) is 0.421. The minimum Gasteiger partial charge on any atom is -0.497 e. The van der Waals surface area contributed by atoms with E-state index in [1.807, 2.05) is 24.3 Å². The van der Waals surface area contributed by atoms with Crippen LogP contribution in [-0.2, 0) is 9.47 Å². The predicted octanol–water partition coefficient (Wildman–Crippen LogP) is 2.21. The molecular weight excluding hydrogens is 348 g/mol. The third-order valence-corrected chi connectivity index (χ3v) is 4.85. The van der Waals surface area contributed by atoms with E-state index < -0.39 is 5.79 Å². The van der Waals surface area contributed by atoms with Crippen molar-refractivity contribution in [3.8, 4) is 5.75 Å². The summed E-state index contributed by atoms with van der Waals surface area (Å²) < 4.78 is 16.6. The number of nitrogens with one attached hydrogen (secondary N) is 1. The van der Waals surface area contributed by atoms with Crippen molar-refractivity contribution in [3.05, 3.63) is 42.2 Å². The van der Waals surface area contributed by atoms with Gasteiger partial charge in [0, 0.05) is 37.8 Å². The standard InChI is InChI=1S/C19H22N4O4/c1-25-15-4-2-14(3-5-15)21-18-20-9-6-16(22-18)17(24)23-10-7-19(8-11-23)26-12-13-27-19/h2-6,9H,7-8,10-13H2,1H3,(H,20,21,22). The van der Waals surface area contributed by atoms with Gasteiger partial charge in [-0.15, -0.1) is 0 Å². The number of methoxy groups -OCH3 is 1. The van der Waals surface area contributed by atoms with Gasteiger partial charge in [-0.25, -0.2) is 9.97 Å². The molecule has 3 heterocycles. The second-order valence-corrected chi connectivity index (χ2v) is 6.52. The third kappa shape index (κ3) is 3.86. The number of piperidine rings is 1. The molecule has 1 amide bonds. The number of rotatable bonds is 4. The molecule has 8 nitrogen and oxygen atoms in total. The molecule has 2 aliphatic heterocycles. The molecular formula is C19H22N4O4. The average molecular weight is 370 g/mol. The number of hydrogen-bond donors (Lipinski definition) is 1. The van der Waals surface area contributed by atoms with Crippen LogP contribution in [0.3, 0.4) is 0 Å². The lowest BCUT2D eigenvalue weighted by molar-refractivity contribution is -0.181. The smallest absolute Gasteiger partial charge is 0.272 e. The van der Waals surface area contributed by atoms with Gasteiger partial charge in [-0.3, -0.25) is 4.79 Å². The molecule has 27 heavy (non-hydrogen) atoms. The normalized spacial score (nSPS) is 18.5. The van der Waals surface area contributed by atoms with E-state index in [4.69, 9.17) is 14.2 Å². The van der Waals surface area contributed by atoms with Gasteiger partial charge in [-0.1, -0.05) is 0 Å². The zero-order valence-corrected chi connectivity index (χ0v) is 15.2. The molecule has 8 heteroatoms. The summed E-state index contributed by atoms with van der Waals surface area (Å²) in [6.07, 6.45) is 2.95. The van der Waals surface area contributed by atoms with Gasteiger partial charge in [0.2, 0.25) is 5.95 Å². The minimum atomic E-state index is -0.496. The van der Waals surface area contributed by atoms with E-state index >= 15 is 0 Å². The van der Waals surface area contributed by atoms with Gasteiger partial charge in [-0.2, -0.15) is 0 Å². The fourth-order valence-electron chi connectivity index (χ4n) is 3.34. The molecule has 2 fully saturated rings. The van der Waals surface area contributed by atoms with Crippen LogP contribution >= 0.6 is 0 Å². The first-order valence-corrected chi connectivity index (χ1v) is 8.99. The summed E-state index contributed by atoms with van der Waals surface area (Å²) in [5, 5.41) is 3.10. The maximum atomic E-state index is 12.8. The van der Waals surface area contributed by atoms with Crippen molar-refractivity contribution in [3.63, 3.8) is 0 Å². The van der Waals surface area contributed by atoms with Gasteiger partial charge >= 0.3 is 0 Å². The van der Waals surface area contributed by atoms with Gasteiger partial charge in [-0.05, 0) is 30.3 Å². The van der Waals surface area contributed by atoms with Gasteiger partial charge in [0.05, 0.1) is 20.3 Å². The van der Waals surface area contributed by atoms with Crippen molar-refractivity contribution >= 4 is 17.5 Å². The van der Waals surface area contributed by atoms with Crippen molar-refractivity contribution in [2.45, 2.75) is 18.6 Å². The first-order valence-electron chi connectivity index (χ1n) is 8.99. The maximum Gasteiger partial charge on any atom is 0.272 e. The lowest BCUT2D eigenvalue weighted by atomic mass is 10.0. The van der Waals surface area contributed by atoms with Gasteiger partial charge in [0.1, 0.15) is 11.4 Å². The number of amides is 1. The number of nitrogens with zero attached hydrogens (tertiary/aromatic N) is 3. The highest BCUT2D eigenvalue weighted by atomic mass is 16.7. The van der Waals surface area contributed by atoms with Crippen LogP contribution in [0, 0.1) is 0 Å². The molecule has 1 aromatic carbocycles. The highest BCUT2D eigenvalue weighted by Crippen LogP contribution is 2.31. The second-order valence-electron chi connectivity index (χ2n) is 6.52. The topological polar surface area (TPSA) is 85.8 Å². The second kappa shape index (κ2) is 7.50. The van der Waals surface area contributed by atoms with Crippen molar-refractivity contribution in [2.24, 2.45) is 0 Å². The Bertz CT molecular complexity index is 796. The molecule has 0 bridgehead atoms. The molecule has 0 atom stereocenters. The van der Waals surface area contributed by atoms with Crippen LogP contribution in [0.1, 0.15) is 23.3 Å². The SMILES string of the molecule is COc1ccc(Nc2nccc(C(=O)N3CCC4(CC3)OCCO4)n2)cc1. The molecule has 1 aromatic heterocycles. The van der Waals surface area contributed by atoms with Crippen LogP contribution in [0.4, 0.5) is 11.6 Å². The molecule has 1 N–H and O–H groups in total. The van der Waals surface area contributed by atoms with Crippen molar-refractivity contribution in [1.82, 2.24) is 14.9 Å². The Labute approximate surface area is 157 Å². The molecule has 2 aliphatic rings. The van der Waals surface area contributed by atoms with E-state index in [0.29, 0.717) is 50.8 Å². The quantitative estimate of drug-likeness (QED) is 0.883. The van der Waals surface area contributed by atoms with E-state index in [-0.39, 0.29) is 5.91 Å². The van der Waals surface area contributed by atoms with Crippen molar-refractivity contribution in [1.29, 1.82) is 0 Å². The summed E-state index contributed by atoms with van der Waals surface area (Å²) in [7, 11) is 1.62. The highest BCUT2D eigenvalue weighted by molar-refractivity contribution is 5.92. The minimum absolute atomic E-state index is 0.108. The van der Waals surface area contributed by atoms with Crippen LogP contribution in [0.5, 0.6) is 5.75 Å². The Morgan fingerprint density at radius 2 is 1.85 bits per heavy atom. The Kier molecular flexibility index (Phi) is 4.91. The molecule has 0 unspecified atom stereocenters. The zero-order chi connectivity index (χ0) is 18.7. The number of ether oxygens (including phenoxy) is 3. The summed E-state index contributed by atoms with van der Waals surface area (Å²) in [6, 6.07) is 9.04. The van der Waals surface area contributed by atoms with E-state index in [9.17, 15) is 4.79 Å². The number of aromatic nitrogens is 2. The van der Waals surface area contributed by atoms with Crippen molar-refractivity contribution < 1.29 is 19.0 Å². The Morgan fingerprint density at radius 1 is 1.15 bits per heavy atom. The zero-order valence-electron chi connectivity index (χ0n) is 15.2. The molecule has 4 rings (SSSR count). The molecule has 2 saturated heterocycles. The van der Waals surface area contributed by atoms with E-state index in [2.05, 4.69) is 15.3 Å². The number of carbonyl (C=O) groups is 1. The van der Waals surface area contributed by atoms with Crippen molar-refractivity contribution in [2.75, 3.05) is 38.7 Å². The number of likely N-dealkylation sites (tertiary alicyclic amines) is 1. The Morgan fingerprint density at radius 3 is 2.52 bits per heavy atom. The summed E-state index contributed by atoms with van der Waals surface area (Å²) in [5.41, 5.74) is 1.18. The first-order chi connectivity index (χ1) is 13.2. The molecule has 0 saturated carbocycles. The fourth-order valence-corrected chi connectivity index (χ4v) is 3.34. The van der Waals surface area contributed by atoms with Crippen LogP contribution < -0.4 is 10.1 Å². The summed E-state index contributed by atoms with van der Waals surface area (Å²) >= 11 is 0. The van der Waals surface area contributed by atoms with Gasteiger partial charge in [0.15, 0.2) is 5.79 Å². The highest BCUT2D eigenvalue weighted by Gasteiger charge is 2.41. The van der Waals surface area contributed by atoms with E-state index in [1.165, 1.54) is 0 Å². The van der Waals surface area contributed by atoms with Crippen LogP contribution in [0.15, 0.2) is 36.5 Å². The van der Waals surface area contributed by atoms with Crippen LogP contribution in [0.2, 0.25) is 0 Å². The summed E-state index contributed by atoms with van der Waals surface area (Å²) in [6.45, 7) is 2.43. The maximum absolute atomic E-state index is 12.8. The summed E-state index contributed by atoms with van der Waals surface area (Å²) in [4.78, 5) is 23.2. The third-order valence-electron chi connectivity index (χ3n) is 4.85. The van der Waals surface area contributed by atoms with Crippen LogP contribution in [-0.4, -0.2) is 60.0 Å². The largest absolute Gasteiger partial charge is 0.497 e. The van der Waals surface area contributed by atoms with Gasteiger partial charge in [0.25, 0.3) is 5.91 Å². The lowest BCUT2D eigenvalue weighted by Crippen LogP contribution is -2.47. The van der Waals surface area contributed by atoms with E-state index in [0.717, 1.165) is 11.4 Å². The number of anilines is 2. The average Bonchev–Trinajstić information content (AvgIpc) is 3.17. The lowest BCUT2D eigenvalue weighted by Gasteiger charge is -2.37. The first kappa shape index (κ1) is 17.7. The Balaban J connectivity index is 1.41. The Hall–Kier alpha value is -2.71. The molecule has 0 aliphatic carbocycles. The summed E-state index contributed by atoms with van der Waals surface area (Å²) in [5.74, 6) is 0.539. The van der Waals surface area contributed by atoms with Gasteiger partial charge < -0.3 is 24.4 Å². The predicted molar refractivity (Wildman–Crippen MR) is 98.1 cm³/mol. The molecule has 2 aromatic rings. The monoisotopic (exact) mass is 370 g/mol. The number of hydrogen-bond acceptors (Lipinski definition) is 7. The van der Waals surface area contributed by atoms with E-state index in [1.54, 1.807) is 24.3 Å². The number of carbonyl (C=O) groups excluding carboxylic acids is 1. The molecule has 142 valence electrons. The molecule has 1 spiro atoms. The van der Waals surface area contributed by atoms with Crippen LogP contribution in [0.25, 0.3) is 0 Å². The molecule has 0 radical (unpaired) electrons.